The lowest BCUT2D eigenvalue weighted by Gasteiger charge is -2.37. The van der Waals surface area contributed by atoms with Crippen molar-refractivity contribution >= 4 is 0 Å². The molecule has 0 aliphatic carbocycles. The number of hydrogen-bond acceptors (Lipinski definition) is 3. The van der Waals surface area contributed by atoms with E-state index < -0.39 is 0 Å². The van der Waals surface area contributed by atoms with Gasteiger partial charge >= 0.3 is 0 Å². The number of rotatable bonds is 3. The quantitative estimate of drug-likeness (QED) is 0.868. The van der Waals surface area contributed by atoms with Gasteiger partial charge in [-0.1, -0.05) is 12.1 Å². The van der Waals surface area contributed by atoms with Gasteiger partial charge < -0.3 is 10.5 Å². The van der Waals surface area contributed by atoms with Gasteiger partial charge in [0, 0.05) is 25.7 Å². The summed E-state index contributed by atoms with van der Waals surface area (Å²) in [5.74, 6) is -0.208. The smallest absolute Gasteiger partial charge is 0.123 e. The van der Waals surface area contributed by atoms with Crippen molar-refractivity contribution in [1.29, 1.82) is 0 Å². The Morgan fingerprint density at radius 1 is 1.47 bits per heavy atom. The zero-order valence-corrected chi connectivity index (χ0v) is 10.1. The van der Waals surface area contributed by atoms with Crippen LogP contribution in [0.3, 0.4) is 0 Å². The molecule has 2 rings (SSSR count). The van der Waals surface area contributed by atoms with Crippen molar-refractivity contribution in [1.82, 2.24) is 4.90 Å². The molecule has 2 N–H and O–H groups in total. The fourth-order valence-corrected chi connectivity index (χ4v) is 2.31. The predicted octanol–water partition coefficient (Wildman–Crippen LogP) is 1.55. The van der Waals surface area contributed by atoms with E-state index in [0.717, 1.165) is 25.3 Å². The van der Waals surface area contributed by atoms with Gasteiger partial charge in [0.05, 0.1) is 12.7 Å². The normalized spacial score (nSPS) is 23.6. The zero-order valence-electron chi connectivity index (χ0n) is 10.1. The molecule has 0 radical (unpaired) electrons. The fourth-order valence-electron chi connectivity index (χ4n) is 2.31. The van der Waals surface area contributed by atoms with E-state index in [4.69, 9.17) is 10.5 Å². The first-order valence-corrected chi connectivity index (χ1v) is 6.02. The first-order chi connectivity index (χ1) is 8.20. The van der Waals surface area contributed by atoms with E-state index in [1.807, 2.05) is 12.1 Å². The lowest BCUT2D eigenvalue weighted by Crippen LogP contribution is -2.45. The highest BCUT2D eigenvalue weighted by atomic mass is 19.1. The standard InChI is InChI=1S/C13H19FN2O/c1-10-9-16(6-7-17-10)13(8-15)11-2-4-12(14)5-3-11/h2-5,10,13H,6-9,15H2,1H3. The highest BCUT2D eigenvalue weighted by Gasteiger charge is 2.24. The molecule has 2 atom stereocenters. The van der Waals surface area contributed by atoms with Crippen molar-refractivity contribution in [3.63, 3.8) is 0 Å². The van der Waals surface area contributed by atoms with Crippen LogP contribution < -0.4 is 5.73 Å². The summed E-state index contributed by atoms with van der Waals surface area (Å²) in [5.41, 5.74) is 6.92. The van der Waals surface area contributed by atoms with Gasteiger partial charge in [0.15, 0.2) is 0 Å². The number of hydrogen-bond donors (Lipinski definition) is 1. The van der Waals surface area contributed by atoms with E-state index in [1.165, 1.54) is 12.1 Å². The third kappa shape index (κ3) is 3.03. The molecule has 17 heavy (non-hydrogen) atoms. The Bertz CT molecular complexity index is 355. The monoisotopic (exact) mass is 238 g/mol. The number of halogens is 1. The molecule has 1 aromatic rings. The Labute approximate surface area is 101 Å². The molecule has 0 spiro atoms. The maximum Gasteiger partial charge on any atom is 0.123 e. The first kappa shape index (κ1) is 12.5. The molecule has 1 aliphatic rings. The average molecular weight is 238 g/mol. The van der Waals surface area contributed by atoms with Gasteiger partial charge in [0.2, 0.25) is 0 Å². The second-order valence-electron chi connectivity index (χ2n) is 4.48. The van der Waals surface area contributed by atoms with Crippen molar-refractivity contribution in [3.05, 3.63) is 35.6 Å². The van der Waals surface area contributed by atoms with Crippen molar-refractivity contribution in [2.75, 3.05) is 26.2 Å². The van der Waals surface area contributed by atoms with Crippen LogP contribution in [-0.4, -0.2) is 37.2 Å². The minimum Gasteiger partial charge on any atom is -0.376 e. The van der Waals surface area contributed by atoms with Crippen LogP contribution >= 0.6 is 0 Å². The summed E-state index contributed by atoms with van der Waals surface area (Å²) in [5, 5.41) is 0. The summed E-state index contributed by atoms with van der Waals surface area (Å²) in [6, 6.07) is 6.76. The molecular weight excluding hydrogens is 219 g/mol. The maximum absolute atomic E-state index is 12.9. The molecule has 0 saturated carbocycles. The van der Waals surface area contributed by atoms with Crippen molar-refractivity contribution in [2.24, 2.45) is 5.73 Å². The highest BCUT2D eigenvalue weighted by Crippen LogP contribution is 2.22. The van der Waals surface area contributed by atoms with Gasteiger partial charge in [-0.15, -0.1) is 0 Å². The van der Waals surface area contributed by atoms with Crippen LogP contribution in [0.5, 0.6) is 0 Å². The van der Waals surface area contributed by atoms with E-state index in [1.54, 1.807) is 0 Å². The van der Waals surface area contributed by atoms with E-state index in [0.29, 0.717) is 6.54 Å². The number of morpholine rings is 1. The summed E-state index contributed by atoms with van der Waals surface area (Å²) < 4.78 is 18.4. The van der Waals surface area contributed by atoms with Crippen LogP contribution in [-0.2, 0) is 4.74 Å². The highest BCUT2D eigenvalue weighted by molar-refractivity contribution is 5.20. The van der Waals surface area contributed by atoms with Crippen molar-refractivity contribution in [3.8, 4) is 0 Å². The van der Waals surface area contributed by atoms with Crippen LogP contribution in [0.1, 0.15) is 18.5 Å². The minimum absolute atomic E-state index is 0.155. The number of benzene rings is 1. The minimum atomic E-state index is -0.208. The molecule has 1 aromatic carbocycles. The SMILES string of the molecule is CC1CN(C(CN)c2ccc(F)cc2)CCO1. The number of ether oxygens (including phenoxy) is 1. The van der Waals surface area contributed by atoms with Crippen molar-refractivity contribution < 1.29 is 9.13 Å². The molecule has 1 aliphatic heterocycles. The van der Waals surface area contributed by atoms with Crippen LogP contribution in [0, 0.1) is 5.82 Å². The van der Waals surface area contributed by atoms with Crippen LogP contribution in [0.2, 0.25) is 0 Å². The predicted molar refractivity (Wildman–Crippen MR) is 65.2 cm³/mol. The largest absolute Gasteiger partial charge is 0.376 e. The molecule has 94 valence electrons. The Balaban J connectivity index is 2.12. The van der Waals surface area contributed by atoms with Gasteiger partial charge in [-0.25, -0.2) is 4.39 Å². The molecule has 1 fully saturated rings. The Kier molecular flexibility index (Phi) is 4.10. The molecule has 0 aromatic heterocycles. The topological polar surface area (TPSA) is 38.5 Å². The zero-order chi connectivity index (χ0) is 12.3. The summed E-state index contributed by atoms with van der Waals surface area (Å²) in [6.45, 7) is 5.09. The third-order valence-corrected chi connectivity index (χ3v) is 3.19. The third-order valence-electron chi connectivity index (χ3n) is 3.19. The fraction of sp³-hybridized carbons (Fsp3) is 0.538. The lowest BCUT2D eigenvalue weighted by atomic mass is 10.0. The average Bonchev–Trinajstić information content (AvgIpc) is 2.33. The molecule has 0 amide bonds. The van der Waals surface area contributed by atoms with E-state index in [9.17, 15) is 4.39 Å². The van der Waals surface area contributed by atoms with Gasteiger partial charge in [0.25, 0.3) is 0 Å². The molecule has 1 heterocycles. The summed E-state index contributed by atoms with van der Waals surface area (Å²) in [6.07, 6.45) is 0.234. The second kappa shape index (κ2) is 5.58. The Morgan fingerprint density at radius 3 is 2.76 bits per heavy atom. The maximum atomic E-state index is 12.9. The van der Waals surface area contributed by atoms with Gasteiger partial charge in [-0.2, -0.15) is 0 Å². The number of nitrogens with zero attached hydrogens (tertiary/aromatic N) is 1. The van der Waals surface area contributed by atoms with Crippen molar-refractivity contribution in [2.45, 2.75) is 19.1 Å². The van der Waals surface area contributed by atoms with Crippen LogP contribution in [0.4, 0.5) is 4.39 Å². The molecular formula is C13H19FN2O. The lowest BCUT2D eigenvalue weighted by molar-refractivity contribution is -0.0333. The summed E-state index contributed by atoms with van der Waals surface area (Å²) in [4.78, 5) is 2.31. The second-order valence-corrected chi connectivity index (χ2v) is 4.48. The number of nitrogens with two attached hydrogens (primary N) is 1. The summed E-state index contributed by atoms with van der Waals surface area (Å²) in [7, 11) is 0. The van der Waals surface area contributed by atoms with E-state index in [-0.39, 0.29) is 18.0 Å². The van der Waals surface area contributed by atoms with Gasteiger partial charge in [0.1, 0.15) is 5.82 Å². The summed E-state index contributed by atoms with van der Waals surface area (Å²) >= 11 is 0. The van der Waals surface area contributed by atoms with Gasteiger partial charge in [-0.3, -0.25) is 4.90 Å². The Morgan fingerprint density at radius 2 is 2.18 bits per heavy atom. The molecule has 4 heteroatoms. The van der Waals surface area contributed by atoms with Crippen LogP contribution in [0.25, 0.3) is 0 Å². The molecule has 1 saturated heterocycles. The van der Waals surface area contributed by atoms with Crippen LogP contribution in [0.15, 0.2) is 24.3 Å². The van der Waals surface area contributed by atoms with E-state index in [2.05, 4.69) is 11.8 Å². The van der Waals surface area contributed by atoms with Gasteiger partial charge in [-0.05, 0) is 24.6 Å². The Hall–Kier alpha value is -0.970. The van der Waals surface area contributed by atoms with E-state index >= 15 is 0 Å². The molecule has 2 unspecified atom stereocenters. The molecule has 3 nitrogen and oxygen atoms in total. The first-order valence-electron chi connectivity index (χ1n) is 6.02. The molecule has 0 bridgehead atoms.